The number of hydrogen-bond acceptors (Lipinski definition) is 1. The van der Waals surface area contributed by atoms with Crippen LogP contribution in [-0.4, -0.2) is 13.1 Å². The summed E-state index contributed by atoms with van der Waals surface area (Å²) in [6, 6.07) is 7.18. The van der Waals surface area contributed by atoms with Gasteiger partial charge in [-0.1, -0.05) is 32.0 Å². The maximum Gasteiger partial charge on any atom is 0.0425 e. The number of hydrogen-bond donors (Lipinski definition) is 0. The molecule has 84 valence electrons. The van der Waals surface area contributed by atoms with Crippen LogP contribution in [0.25, 0.3) is 0 Å². The van der Waals surface area contributed by atoms with Gasteiger partial charge in [-0.15, -0.1) is 0 Å². The molecule has 1 rings (SSSR count). The Morgan fingerprint density at radius 3 is 1.93 bits per heavy atom. The van der Waals surface area contributed by atoms with Gasteiger partial charge in [-0.25, -0.2) is 0 Å². The average molecular weight is 205 g/mol. The summed E-state index contributed by atoms with van der Waals surface area (Å²) in [5.74, 6) is 0. The fraction of sp³-hybridized carbons (Fsp3) is 0.571. The number of anilines is 1. The maximum atomic E-state index is 2.44. The minimum Gasteiger partial charge on any atom is -0.371 e. The van der Waals surface area contributed by atoms with Crippen LogP contribution in [0, 0.1) is 13.8 Å². The van der Waals surface area contributed by atoms with Gasteiger partial charge in [-0.3, -0.25) is 0 Å². The zero-order valence-corrected chi connectivity index (χ0v) is 10.7. The lowest BCUT2D eigenvalue weighted by molar-refractivity contribution is 0.590. The van der Waals surface area contributed by atoms with E-state index in [1.54, 1.807) is 0 Å². The molecule has 0 atom stereocenters. The summed E-state index contributed by atoms with van der Waals surface area (Å²) in [6.07, 6.45) is 2.42. The monoisotopic (exact) mass is 205 g/mol. The Kier molecular flexibility index (Phi) is 4.19. The molecule has 0 radical (unpaired) electrons. The van der Waals surface area contributed by atoms with Crippen LogP contribution in [0.1, 0.15) is 37.8 Å². The Balaban J connectivity index is 3.04. The van der Waals surface area contributed by atoms with Crippen molar-refractivity contribution in [2.24, 2.45) is 0 Å². The zero-order valence-electron chi connectivity index (χ0n) is 10.7. The van der Waals surface area contributed by atoms with E-state index >= 15 is 0 Å². The van der Waals surface area contributed by atoms with Crippen molar-refractivity contribution in [3.8, 4) is 0 Å². The van der Waals surface area contributed by atoms with Crippen molar-refractivity contribution in [1.82, 2.24) is 0 Å². The second kappa shape index (κ2) is 5.20. The predicted molar refractivity (Wildman–Crippen MR) is 68.7 cm³/mol. The highest BCUT2D eigenvalue weighted by Gasteiger charge is 2.14. The summed E-state index contributed by atoms with van der Waals surface area (Å²) in [5.41, 5.74) is 4.17. The molecular formula is C14H23N. The van der Waals surface area contributed by atoms with Crippen LogP contribution in [0.3, 0.4) is 0 Å². The van der Waals surface area contributed by atoms with E-state index in [1.807, 2.05) is 0 Å². The van der Waals surface area contributed by atoms with Crippen LogP contribution in [0.2, 0.25) is 0 Å². The third kappa shape index (κ3) is 2.53. The van der Waals surface area contributed by atoms with Crippen molar-refractivity contribution >= 4 is 5.69 Å². The standard InChI is InChI=1S/C14H23N/c1-6-13(7-2)15(5)14-11(3)9-8-10-12(14)4/h8-10,13H,6-7H2,1-5H3. The molecule has 0 fully saturated rings. The molecule has 0 bridgehead atoms. The minimum atomic E-state index is 0.657. The first-order chi connectivity index (χ1) is 7.11. The van der Waals surface area contributed by atoms with E-state index in [0.717, 1.165) is 0 Å². The first-order valence-corrected chi connectivity index (χ1v) is 5.90. The van der Waals surface area contributed by atoms with E-state index in [1.165, 1.54) is 29.7 Å². The van der Waals surface area contributed by atoms with Crippen LogP contribution in [0.4, 0.5) is 5.69 Å². The number of aryl methyl sites for hydroxylation is 2. The topological polar surface area (TPSA) is 3.24 Å². The van der Waals surface area contributed by atoms with E-state index in [4.69, 9.17) is 0 Å². The molecule has 1 aromatic rings. The largest absolute Gasteiger partial charge is 0.371 e. The molecule has 1 nitrogen and oxygen atoms in total. The molecule has 1 aromatic carbocycles. The van der Waals surface area contributed by atoms with Gasteiger partial charge in [-0.2, -0.15) is 0 Å². The summed E-state index contributed by atoms with van der Waals surface area (Å²) in [4.78, 5) is 2.44. The molecule has 0 N–H and O–H groups in total. The van der Waals surface area contributed by atoms with Crippen LogP contribution in [0.5, 0.6) is 0 Å². The van der Waals surface area contributed by atoms with Gasteiger partial charge in [0.15, 0.2) is 0 Å². The predicted octanol–water partition coefficient (Wildman–Crippen LogP) is 3.93. The van der Waals surface area contributed by atoms with Crippen molar-refractivity contribution < 1.29 is 0 Å². The van der Waals surface area contributed by atoms with Gasteiger partial charge in [0, 0.05) is 18.8 Å². The molecule has 0 spiro atoms. The maximum absolute atomic E-state index is 2.44. The Morgan fingerprint density at radius 2 is 1.53 bits per heavy atom. The van der Waals surface area contributed by atoms with E-state index in [2.05, 4.69) is 57.8 Å². The van der Waals surface area contributed by atoms with Crippen molar-refractivity contribution in [2.45, 2.75) is 46.6 Å². The second-order valence-electron chi connectivity index (χ2n) is 4.32. The Bertz CT molecular complexity index is 293. The molecule has 1 heteroatoms. The van der Waals surface area contributed by atoms with Crippen LogP contribution in [0.15, 0.2) is 18.2 Å². The summed E-state index contributed by atoms with van der Waals surface area (Å²) in [6.45, 7) is 8.92. The first-order valence-electron chi connectivity index (χ1n) is 5.90. The summed E-state index contributed by atoms with van der Waals surface area (Å²) in [7, 11) is 2.22. The lowest BCUT2D eigenvalue weighted by Crippen LogP contribution is -2.31. The van der Waals surface area contributed by atoms with Gasteiger partial charge < -0.3 is 4.90 Å². The molecule has 0 saturated carbocycles. The van der Waals surface area contributed by atoms with Crippen molar-refractivity contribution in [3.05, 3.63) is 29.3 Å². The first kappa shape index (κ1) is 12.1. The Labute approximate surface area is 94.1 Å². The van der Waals surface area contributed by atoms with Crippen molar-refractivity contribution in [1.29, 1.82) is 0 Å². The highest BCUT2D eigenvalue weighted by molar-refractivity contribution is 5.58. The molecule has 0 amide bonds. The molecule has 0 aliphatic heterocycles. The summed E-state index contributed by atoms with van der Waals surface area (Å²) >= 11 is 0. The fourth-order valence-corrected chi connectivity index (χ4v) is 2.38. The van der Waals surface area contributed by atoms with Crippen molar-refractivity contribution in [3.63, 3.8) is 0 Å². The van der Waals surface area contributed by atoms with Crippen LogP contribution < -0.4 is 4.90 Å². The van der Waals surface area contributed by atoms with Crippen LogP contribution >= 0.6 is 0 Å². The van der Waals surface area contributed by atoms with Gasteiger partial charge in [0.2, 0.25) is 0 Å². The van der Waals surface area contributed by atoms with Gasteiger partial charge in [-0.05, 0) is 37.8 Å². The molecule has 0 aliphatic rings. The second-order valence-corrected chi connectivity index (χ2v) is 4.32. The van der Waals surface area contributed by atoms with Gasteiger partial charge in [0.25, 0.3) is 0 Å². The van der Waals surface area contributed by atoms with E-state index in [9.17, 15) is 0 Å². The normalized spacial score (nSPS) is 10.8. The molecule has 0 saturated heterocycles. The van der Waals surface area contributed by atoms with E-state index < -0.39 is 0 Å². The van der Waals surface area contributed by atoms with Crippen molar-refractivity contribution in [2.75, 3.05) is 11.9 Å². The smallest absolute Gasteiger partial charge is 0.0425 e. The molecule has 0 heterocycles. The zero-order chi connectivity index (χ0) is 11.4. The average Bonchev–Trinajstić information content (AvgIpc) is 2.19. The number of para-hydroxylation sites is 1. The highest BCUT2D eigenvalue weighted by Crippen LogP contribution is 2.26. The third-order valence-electron chi connectivity index (χ3n) is 3.28. The minimum absolute atomic E-state index is 0.657. The lowest BCUT2D eigenvalue weighted by atomic mass is 10.0. The number of nitrogens with zero attached hydrogens (tertiary/aromatic N) is 1. The summed E-state index contributed by atoms with van der Waals surface area (Å²) < 4.78 is 0. The highest BCUT2D eigenvalue weighted by atomic mass is 15.1. The number of rotatable bonds is 4. The Hall–Kier alpha value is -0.980. The molecule has 0 unspecified atom stereocenters. The molecule has 0 aliphatic carbocycles. The fourth-order valence-electron chi connectivity index (χ4n) is 2.38. The molecule has 15 heavy (non-hydrogen) atoms. The number of benzene rings is 1. The quantitative estimate of drug-likeness (QED) is 0.720. The van der Waals surface area contributed by atoms with Gasteiger partial charge in [0.1, 0.15) is 0 Å². The van der Waals surface area contributed by atoms with E-state index in [0.29, 0.717) is 6.04 Å². The SMILES string of the molecule is CCC(CC)N(C)c1c(C)cccc1C. The van der Waals surface area contributed by atoms with Gasteiger partial charge in [0.05, 0.1) is 0 Å². The molecular weight excluding hydrogens is 182 g/mol. The Morgan fingerprint density at radius 1 is 1.07 bits per heavy atom. The third-order valence-corrected chi connectivity index (χ3v) is 3.28. The van der Waals surface area contributed by atoms with Gasteiger partial charge >= 0.3 is 0 Å². The van der Waals surface area contributed by atoms with Crippen LogP contribution in [-0.2, 0) is 0 Å². The lowest BCUT2D eigenvalue weighted by Gasteiger charge is -2.31. The summed E-state index contributed by atoms with van der Waals surface area (Å²) in [5, 5.41) is 0. The molecule has 0 aromatic heterocycles. The van der Waals surface area contributed by atoms with E-state index in [-0.39, 0.29) is 0 Å².